The van der Waals surface area contributed by atoms with Gasteiger partial charge in [-0.2, -0.15) is 0 Å². The molecule has 1 amide bonds. The number of carbonyl (C=O) groups is 1. The van der Waals surface area contributed by atoms with E-state index in [1.54, 1.807) is 14.0 Å². The van der Waals surface area contributed by atoms with Crippen molar-refractivity contribution in [3.8, 4) is 5.75 Å². The van der Waals surface area contributed by atoms with Crippen molar-refractivity contribution in [3.05, 3.63) is 63.6 Å². The zero-order chi connectivity index (χ0) is 17.3. The van der Waals surface area contributed by atoms with Crippen LogP contribution >= 0.6 is 0 Å². The van der Waals surface area contributed by atoms with Crippen LogP contribution in [0.15, 0.2) is 41.2 Å². The van der Waals surface area contributed by atoms with Gasteiger partial charge in [0, 0.05) is 29.0 Å². The molecule has 0 aliphatic rings. The summed E-state index contributed by atoms with van der Waals surface area (Å²) in [6, 6.07) is 11.5. The number of primary amides is 1. The molecule has 6 heteroatoms. The quantitative estimate of drug-likeness (QED) is 0.670. The zero-order valence-electron chi connectivity index (χ0n) is 13.6. The van der Waals surface area contributed by atoms with Gasteiger partial charge in [0.15, 0.2) is 0 Å². The van der Waals surface area contributed by atoms with E-state index in [2.05, 4.69) is 10.2 Å². The minimum atomic E-state index is -0.458. The maximum Gasteiger partial charge on any atom is 0.267 e. The average molecular weight is 325 g/mol. The minimum Gasteiger partial charge on any atom is -0.496 e. The van der Waals surface area contributed by atoms with Crippen LogP contribution in [0, 0.1) is 6.92 Å². The van der Waals surface area contributed by atoms with E-state index in [1.807, 2.05) is 36.4 Å². The standard InChI is InChI=1S/C18H19N3O3/c1-10-17(18(23)21-20-10)14(9-16(19)22)12-7-8-15(24-2)13-6-4-3-5-11(12)13/h3-8,14H,9H2,1-2H3,(H2,19,22)(H2,20,21,23). The molecule has 124 valence electrons. The third kappa shape index (κ3) is 2.67. The number of H-pyrrole nitrogens is 2. The Morgan fingerprint density at radius 3 is 2.46 bits per heavy atom. The molecule has 4 N–H and O–H groups in total. The molecule has 3 rings (SSSR count). The fraction of sp³-hybridized carbons (Fsp3) is 0.222. The lowest BCUT2D eigenvalue weighted by molar-refractivity contribution is -0.118. The maximum absolute atomic E-state index is 12.2. The van der Waals surface area contributed by atoms with Crippen LogP contribution in [-0.2, 0) is 4.79 Å². The van der Waals surface area contributed by atoms with Crippen molar-refractivity contribution in [2.75, 3.05) is 7.11 Å². The molecule has 0 aliphatic carbocycles. The summed E-state index contributed by atoms with van der Waals surface area (Å²) in [4.78, 5) is 23.9. The molecule has 0 spiro atoms. The SMILES string of the molecule is COc1ccc(C(CC(N)=O)c2c(C)[nH][nH]c2=O)c2ccccc12. The van der Waals surface area contributed by atoms with Gasteiger partial charge in [-0.3, -0.25) is 14.7 Å². The fourth-order valence-corrected chi connectivity index (χ4v) is 3.22. The lowest BCUT2D eigenvalue weighted by atomic mass is 9.85. The number of fused-ring (bicyclic) bond motifs is 1. The Morgan fingerprint density at radius 1 is 1.17 bits per heavy atom. The number of ether oxygens (including phenoxy) is 1. The van der Waals surface area contributed by atoms with Gasteiger partial charge in [0.25, 0.3) is 5.56 Å². The molecule has 1 aromatic heterocycles. The second-order valence-corrected chi connectivity index (χ2v) is 5.74. The monoisotopic (exact) mass is 325 g/mol. The Labute approximate surface area is 138 Å². The summed E-state index contributed by atoms with van der Waals surface area (Å²) in [5, 5.41) is 7.25. The molecule has 0 bridgehead atoms. The molecule has 3 aromatic rings. The second-order valence-electron chi connectivity index (χ2n) is 5.74. The second kappa shape index (κ2) is 6.23. The number of carbonyl (C=O) groups excluding carboxylic acids is 1. The van der Waals surface area contributed by atoms with Crippen molar-refractivity contribution >= 4 is 16.7 Å². The largest absolute Gasteiger partial charge is 0.496 e. The molecule has 0 saturated heterocycles. The van der Waals surface area contributed by atoms with Gasteiger partial charge in [-0.15, -0.1) is 0 Å². The molecule has 2 aromatic carbocycles. The van der Waals surface area contributed by atoms with Crippen LogP contribution in [0.1, 0.15) is 29.2 Å². The van der Waals surface area contributed by atoms with Crippen LogP contribution in [0.2, 0.25) is 0 Å². The number of hydrogen-bond acceptors (Lipinski definition) is 3. The summed E-state index contributed by atoms with van der Waals surface area (Å²) in [5.41, 5.74) is 7.32. The summed E-state index contributed by atoms with van der Waals surface area (Å²) >= 11 is 0. The van der Waals surface area contributed by atoms with Crippen molar-refractivity contribution in [1.29, 1.82) is 0 Å². The first-order chi connectivity index (χ1) is 11.5. The number of amides is 1. The number of methoxy groups -OCH3 is 1. The van der Waals surface area contributed by atoms with Crippen molar-refractivity contribution in [2.24, 2.45) is 5.73 Å². The average Bonchev–Trinajstić information content (AvgIpc) is 2.90. The molecular formula is C18H19N3O3. The van der Waals surface area contributed by atoms with E-state index < -0.39 is 11.8 Å². The fourth-order valence-electron chi connectivity index (χ4n) is 3.22. The smallest absolute Gasteiger partial charge is 0.267 e. The zero-order valence-corrected chi connectivity index (χ0v) is 13.6. The van der Waals surface area contributed by atoms with Crippen molar-refractivity contribution in [3.63, 3.8) is 0 Å². The number of hydrogen-bond donors (Lipinski definition) is 3. The van der Waals surface area contributed by atoms with Gasteiger partial charge < -0.3 is 15.6 Å². The Kier molecular flexibility index (Phi) is 4.12. The lowest BCUT2D eigenvalue weighted by Crippen LogP contribution is -2.20. The van der Waals surface area contributed by atoms with Gasteiger partial charge in [-0.1, -0.05) is 30.3 Å². The van der Waals surface area contributed by atoms with Gasteiger partial charge in [0.1, 0.15) is 5.75 Å². The Hall–Kier alpha value is -3.02. The van der Waals surface area contributed by atoms with Crippen LogP contribution in [-0.4, -0.2) is 23.2 Å². The van der Waals surface area contributed by atoms with Crippen LogP contribution in [0.4, 0.5) is 0 Å². The maximum atomic E-state index is 12.2. The van der Waals surface area contributed by atoms with Crippen molar-refractivity contribution in [2.45, 2.75) is 19.3 Å². The molecule has 0 fully saturated rings. The molecule has 0 aliphatic heterocycles. The normalized spacial score (nSPS) is 12.2. The molecule has 6 nitrogen and oxygen atoms in total. The highest BCUT2D eigenvalue weighted by Crippen LogP contribution is 2.36. The van der Waals surface area contributed by atoms with E-state index in [1.165, 1.54) is 0 Å². The van der Waals surface area contributed by atoms with E-state index in [9.17, 15) is 9.59 Å². The highest BCUT2D eigenvalue weighted by molar-refractivity contribution is 5.92. The summed E-state index contributed by atoms with van der Waals surface area (Å²) < 4.78 is 5.42. The van der Waals surface area contributed by atoms with Crippen LogP contribution in [0.5, 0.6) is 5.75 Å². The first-order valence-electron chi connectivity index (χ1n) is 7.64. The van der Waals surface area contributed by atoms with Crippen LogP contribution in [0.25, 0.3) is 10.8 Å². The van der Waals surface area contributed by atoms with Gasteiger partial charge in [-0.05, 0) is 23.9 Å². The summed E-state index contributed by atoms with van der Waals surface area (Å²) in [7, 11) is 1.61. The van der Waals surface area contributed by atoms with Crippen LogP contribution in [0.3, 0.4) is 0 Å². The topological polar surface area (TPSA) is 101 Å². The first-order valence-corrected chi connectivity index (χ1v) is 7.64. The molecule has 1 unspecified atom stereocenters. The Balaban J connectivity index is 2.28. The number of nitrogens with two attached hydrogens (primary N) is 1. The Morgan fingerprint density at radius 2 is 1.88 bits per heavy atom. The molecule has 24 heavy (non-hydrogen) atoms. The van der Waals surface area contributed by atoms with Gasteiger partial charge in [-0.25, -0.2) is 0 Å². The predicted molar refractivity (Wildman–Crippen MR) is 92.3 cm³/mol. The molecular weight excluding hydrogens is 306 g/mol. The number of benzene rings is 2. The molecule has 0 saturated carbocycles. The molecule has 1 heterocycles. The van der Waals surface area contributed by atoms with Crippen molar-refractivity contribution < 1.29 is 9.53 Å². The first kappa shape index (κ1) is 15.9. The lowest BCUT2D eigenvalue weighted by Gasteiger charge is -2.18. The van der Waals surface area contributed by atoms with E-state index in [4.69, 9.17) is 10.5 Å². The van der Waals surface area contributed by atoms with Gasteiger partial charge in [0.2, 0.25) is 5.91 Å². The van der Waals surface area contributed by atoms with Crippen molar-refractivity contribution in [1.82, 2.24) is 10.2 Å². The Bertz CT molecular complexity index is 956. The number of nitrogens with one attached hydrogen (secondary N) is 2. The molecule has 0 radical (unpaired) electrons. The highest BCUT2D eigenvalue weighted by atomic mass is 16.5. The van der Waals surface area contributed by atoms with E-state index >= 15 is 0 Å². The number of aromatic nitrogens is 2. The third-order valence-electron chi connectivity index (χ3n) is 4.28. The number of aryl methyl sites for hydroxylation is 1. The van der Waals surface area contributed by atoms with E-state index in [-0.39, 0.29) is 12.0 Å². The number of rotatable bonds is 5. The summed E-state index contributed by atoms with van der Waals surface area (Å²) in [6.07, 6.45) is 0.0537. The van der Waals surface area contributed by atoms with Gasteiger partial charge >= 0.3 is 0 Å². The molecule has 1 atom stereocenters. The minimum absolute atomic E-state index is 0.0537. The van der Waals surface area contributed by atoms with Gasteiger partial charge in [0.05, 0.1) is 7.11 Å². The summed E-state index contributed by atoms with van der Waals surface area (Å²) in [5.74, 6) is -0.139. The van der Waals surface area contributed by atoms with E-state index in [0.717, 1.165) is 22.1 Å². The predicted octanol–water partition coefficient (Wildman–Crippen LogP) is 2.18. The van der Waals surface area contributed by atoms with Crippen LogP contribution < -0.4 is 16.0 Å². The highest BCUT2D eigenvalue weighted by Gasteiger charge is 2.25. The third-order valence-corrected chi connectivity index (χ3v) is 4.28. The number of aromatic amines is 2. The van der Waals surface area contributed by atoms with E-state index in [0.29, 0.717) is 11.3 Å². The summed E-state index contributed by atoms with van der Waals surface area (Å²) in [6.45, 7) is 1.80.